The zero-order chi connectivity index (χ0) is 18.6. The van der Waals surface area contributed by atoms with Crippen LogP contribution in [0.3, 0.4) is 0 Å². The first-order chi connectivity index (χ1) is 12.5. The third kappa shape index (κ3) is 4.84. The SMILES string of the molecule is Cc1ccc(S(=O)(=O)NCC(c2ccc(Cl)cc2)N2CCOCC2)cc1. The fraction of sp³-hybridized carbons (Fsp3) is 0.368. The Morgan fingerprint density at radius 1 is 1.08 bits per heavy atom. The molecular formula is C19H23ClN2O3S. The first-order valence-corrected chi connectivity index (χ1v) is 10.5. The van der Waals surface area contributed by atoms with Gasteiger partial charge in [-0.15, -0.1) is 0 Å². The Bertz CT molecular complexity index is 817. The highest BCUT2D eigenvalue weighted by Crippen LogP contribution is 2.24. The monoisotopic (exact) mass is 394 g/mol. The van der Waals surface area contributed by atoms with E-state index in [2.05, 4.69) is 9.62 Å². The summed E-state index contributed by atoms with van der Waals surface area (Å²) in [6.07, 6.45) is 0. The van der Waals surface area contributed by atoms with Crippen LogP contribution in [0, 0.1) is 6.92 Å². The molecule has 1 saturated heterocycles. The zero-order valence-corrected chi connectivity index (χ0v) is 16.3. The molecule has 1 fully saturated rings. The van der Waals surface area contributed by atoms with E-state index < -0.39 is 10.0 Å². The maximum Gasteiger partial charge on any atom is 0.240 e. The molecule has 5 nitrogen and oxygen atoms in total. The van der Waals surface area contributed by atoms with E-state index in [9.17, 15) is 8.42 Å². The summed E-state index contributed by atoms with van der Waals surface area (Å²) in [5.74, 6) is 0. The predicted molar refractivity (Wildman–Crippen MR) is 103 cm³/mol. The minimum absolute atomic E-state index is 0.0728. The molecule has 0 amide bonds. The van der Waals surface area contributed by atoms with Crippen molar-refractivity contribution in [1.82, 2.24) is 9.62 Å². The van der Waals surface area contributed by atoms with Crippen molar-refractivity contribution in [2.45, 2.75) is 17.9 Å². The second-order valence-electron chi connectivity index (χ2n) is 6.38. The summed E-state index contributed by atoms with van der Waals surface area (Å²) in [6, 6.07) is 14.3. The Balaban J connectivity index is 1.78. The van der Waals surface area contributed by atoms with Gasteiger partial charge in [-0.1, -0.05) is 41.4 Å². The van der Waals surface area contributed by atoms with Gasteiger partial charge in [-0.25, -0.2) is 13.1 Å². The van der Waals surface area contributed by atoms with Crippen molar-refractivity contribution in [3.63, 3.8) is 0 Å². The highest BCUT2D eigenvalue weighted by molar-refractivity contribution is 7.89. The fourth-order valence-electron chi connectivity index (χ4n) is 3.02. The Morgan fingerprint density at radius 2 is 1.69 bits per heavy atom. The standard InChI is InChI=1S/C19H23ClN2O3S/c1-15-2-8-18(9-3-15)26(23,24)21-14-19(22-10-12-25-13-11-22)16-4-6-17(20)7-5-16/h2-9,19,21H,10-14H2,1H3. The summed E-state index contributed by atoms with van der Waals surface area (Å²) in [5.41, 5.74) is 2.05. The van der Waals surface area contributed by atoms with E-state index in [0.29, 0.717) is 18.2 Å². The summed E-state index contributed by atoms with van der Waals surface area (Å²) >= 11 is 6.00. The fourth-order valence-corrected chi connectivity index (χ4v) is 4.19. The summed E-state index contributed by atoms with van der Waals surface area (Å²) < 4.78 is 33.5. The highest BCUT2D eigenvalue weighted by atomic mass is 35.5. The number of morpholine rings is 1. The molecule has 2 aromatic rings. The lowest BCUT2D eigenvalue weighted by molar-refractivity contribution is 0.0172. The number of benzene rings is 2. The highest BCUT2D eigenvalue weighted by Gasteiger charge is 2.25. The Kier molecular flexibility index (Phi) is 6.32. The van der Waals surface area contributed by atoms with Gasteiger partial charge in [0.1, 0.15) is 0 Å². The van der Waals surface area contributed by atoms with Crippen molar-refractivity contribution in [2.24, 2.45) is 0 Å². The minimum atomic E-state index is -3.56. The van der Waals surface area contributed by atoms with E-state index in [0.717, 1.165) is 24.2 Å². The third-order valence-corrected chi connectivity index (χ3v) is 6.23. The molecule has 0 aromatic heterocycles. The molecule has 1 atom stereocenters. The van der Waals surface area contributed by atoms with Gasteiger partial charge in [0.05, 0.1) is 18.1 Å². The van der Waals surface area contributed by atoms with Crippen LogP contribution in [0.1, 0.15) is 17.2 Å². The largest absolute Gasteiger partial charge is 0.379 e. The zero-order valence-electron chi connectivity index (χ0n) is 14.7. The van der Waals surface area contributed by atoms with Crippen molar-refractivity contribution in [2.75, 3.05) is 32.8 Å². The van der Waals surface area contributed by atoms with Gasteiger partial charge in [-0.3, -0.25) is 4.90 Å². The van der Waals surface area contributed by atoms with Gasteiger partial charge in [0.15, 0.2) is 0 Å². The normalized spacial score (nSPS) is 17.2. The molecule has 0 bridgehead atoms. The Morgan fingerprint density at radius 3 is 2.31 bits per heavy atom. The lowest BCUT2D eigenvalue weighted by Crippen LogP contribution is -2.43. The number of sulfonamides is 1. The lowest BCUT2D eigenvalue weighted by Gasteiger charge is -2.35. The molecule has 0 spiro atoms. The topological polar surface area (TPSA) is 58.6 Å². The summed E-state index contributed by atoms with van der Waals surface area (Å²) in [4.78, 5) is 2.52. The average molecular weight is 395 g/mol. The van der Waals surface area contributed by atoms with Crippen LogP contribution < -0.4 is 4.72 Å². The van der Waals surface area contributed by atoms with Crippen LogP contribution in [0.15, 0.2) is 53.4 Å². The second-order valence-corrected chi connectivity index (χ2v) is 8.58. The number of hydrogen-bond acceptors (Lipinski definition) is 4. The predicted octanol–water partition coefficient (Wildman–Crippen LogP) is 3.00. The van der Waals surface area contributed by atoms with Gasteiger partial charge in [0, 0.05) is 30.7 Å². The van der Waals surface area contributed by atoms with Crippen molar-refractivity contribution in [3.05, 3.63) is 64.7 Å². The molecule has 0 radical (unpaired) electrons. The van der Waals surface area contributed by atoms with Gasteiger partial charge >= 0.3 is 0 Å². The molecule has 7 heteroatoms. The number of hydrogen-bond donors (Lipinski definition) is 1. The van der Waals surface area contributed by atoms with Gasteiger partial charge in [0.25, 0.3) is 0 Å². The van der Waals surface area contributed by atoms with Crippen molar-refractivity contribution >= 4 is 21.6 Å². The van der Waals surface area contributed by atoms with E-state index >= 15 is 0 Å². The van der Waals surface area contributed by atoms with E-state index in [1.54, 1.807) is 24.3 Å². The maximum atomic E-state index is 12.6. The maximum absolute atomic E-state index is 12.6. The van der Waals surface area contributed by atoms with Crippen LogP contribution >= 0.6 is 11.6 Å². The van der Waals surface area contributed by atoms with Crippen LogP contribution in [0.2, 0.25) is 5.02 Å². The average Bonchev–Trinajstić information content (AvgIpc) is 2.64. The molecule has 2 aromatic carbocycles. The van der Waals surface area contributed by atoms with E-state index in [4.69, 9.17) is 16.3 Å². The second kappa shape index (κ2) is 8.50. The van der Waals surface area contributed by atoms with Crippen molar-refractivity contribution < 1.29 is 13.2 Å². The lowest BCUT2D eigenvalue weighted by atomic mass is 10.1. The van der Waals surface area contributed by atoms with E-state index in [1.807, 2.05) is 31.2 Å². The molecular weight excluding hydrogens is 372 g/mol. The molecule has 1 aliphatic rings. The van der Waals surface area contributed by atoms with Crippen LogP contribution in [0.4, 0.5) is 0 Å². The molecule has 1 aliphatic heterocycles. The molecule has 26 heavy (non-hydrogen) atoms. The molecule has 1 N–H and O–H groups in total. The molecule has 1 heterocycles. The van der Waals surface area contributed by atoms with Gasteiger partial charge < -0.3 is 4.74 Å². The van der Waals surface area contributed by atoms with Crippen LogP contribution in [0.5, 0.6) is 0 Å². The number of aryl methyl sites for hydroxylation is 1. The summed E-state index contributed by atoms with van der Waals surface area (Å²) in [5, 5.41) is 0.662. The number of rotatable bonds is 6. The van der Waals surface area contributed by atoms with Gasteiger partial charge in [-0.05, 0) is 36.8 Å². The Labute approximate surface area is 160 Å². The molecule has 140 valence electrons. The van der Waals surface area contributed by atoms with E-state index in [-0.39, 0.29) is 17.5 Å². The van der Waals surface area contributed by atoms with E-state index in [1.165, 1.54) is 0 Å². The molecule has 0 saturated carbocycles. The van der Waals surface area contributed by atoms with Crippen LogP contribution in [-0.2, 0) is 14.8 Å². The van der Waals surface area contributed by atoms with Gasteiger partial charge in [0.2, 0.25) is 10.0 Å². The van der Waals surface area contributed by atoms with Crippen molar-refractivity contribution in [1.29, 1.82) is 0 Å². The quantitative estimate of drug-likeness (QED) is 0.818. The van der Waals surface area contributed by atoms with Crippen molar-refractivity contribution in [3.8, 4) is 0 Å². The number of nitrogens with zero attached hydrogens (tertiary/aromatic N) is 1. The first-order valence-electron chi connectivity index (χ1n) is 8.59. The number of halogens is 1. The molecule has 3 rings (SSSR count). The third-order valence-electron chi connectivity index (χ3n) is 4.54. The van der Waals surface area contributed by atoms with Crippen LogP contribution in [0.25, 0.3) is 0 Å². The van der Waals surface area contributed by atoms with Crippen LogP contribution in [-0.4, -0.2) is 46.2 Å². The smallest absolute Gasteiger partial charge is 0.240 e. The summed E-state index contributed by atoms with van der Waals surface area (Å²) in [6.45, 7) is 5.04. The minimum Gasteiger partial charge on any atom is -0.379 e. The number of ether oxygens (including phenoxy) is 1. The molecule has 1 unspecified atom stereocenters. The van der Waals surface area contributed by atoms with Gasteiger partial charge in [-0.2, -0.15) is 0 Å². The Hall–Kier alpha value is -1.44. The first kappa shape index (κ1) is 19.3. The summed E-state index contributed by atoms with van der Waals surface area (Å²) in [7, 11) is -3.56. The molecule has 0 aliphatic carbocycles. The number of nitrogens with one attached hydrogen (secondary N) is 1.